The van der Waals surface area contributed by atoms with Crippen LogP contribution >= 0.6 is 0 Å². The Balaban J connectivity index is 2.14. The quantitative estimate of drug-likeness (QED) is 0.564. The second-order valence-corrected chi connectivity index (χ2v) is 4.41. The number of fused-ring (bicyclic) bond motifs is 1. The van der Waals surface area contributed by atoms with E-state index in [-0.39, 0.29) is 0 Å². The number of hydrogen-bond donors (Lipinski definition) is 0. The first-order valence-electron chi connectivity index (χ1n) is 5.77. The van der Waals surface area contributed by atoms with Crippen molar-refractivity contribution in [3.63, 3.8) is 0 Å². The van der Waals surface area contributed by atoms with Crippen LogP contribution in [0.3, 0.4) is 0 Å². The molecule has 2 rings (SSSR count). The average Bonchev–Trinajstić information content (AvgIpc) is 2.46. The van der Waals surface area contributed by atoms with Crippen LogP contribution in [0.5, 0.6) is 0 Å². The smallest absolute Gasteiger partial charge is 0.0172 e. The SMILES string of the molecule is CCC1CCC2=CC=CCCCC21. The summed E-state index contributed by atoms with van der Waals surface area (Å²) in [6.45, 7) is 2.35. The zero-order chi connectivity index (χ0) is 9.10. The van der Waals surface area contributed by atoms with Crippen molar-refractivity contribution in [2.45, 2.75) is 45.4 Å². The van der Waals surface area contributed by atoms with Crippen molar-refractivity contribution in [3.8, 4) is 0 Å². The first kappa shape index (κ1) is 9.05. The van der Waals surface area contributed by atoms with Gasteiger partial charge in [-0.25, -0.2) is 0 Å². The van der Waals surface area contributed by atoms with E-state index in [1.54, 1.807) is 5.57 Å². The van der Waals surface area contributed by atoms with Gasteiger partial charge in [0.25, 0.3) is 0 Å². The maximum absolute atomic E-state index is 2.39. The second kappa shape index (κ2) is 4.13. The van der Waals surface area contributed by atoms with E-state index in [1.807, 2.05) is 0 Å². The number of hydrogen-bond acceptors (Lipinski definition) is 0. The molecule has 0 nitrogen and oxygen atoms in total. The number of rotatable bonds is 1. The fourth-order valence-corrected chi connectivity index (χ4v) is 2.90. The highest BCUT2D eigenvalue weighted by atomic mass is 14.3. The summed E-state index contributed by atoms with van der Waals surface area (Å²) >= 11 is 0. The Morgan fingerprint density at radius 2 is 2.31 bits per heavy atom. The van der Waals surface area contributed by atoms with Gasteiger partial charge in [-0.15, -0.1) is 0 Å². The highest BCUT2D eigenvalue weighted by molar-refractivity contribution is 5.20. The molecule has 0 bridgehead atoms. The molecule has 0 spiro atoms. The van der Waals surface area contributed by atoms with Crippen LogP contribution < -0.4 is 0 Å². The van der Waals surface area contributed by atoms with Crippen molar-refractivity contribution in [1.82, 2.24) is 0 Å². The third kappa shape index (κ3) is 1.87. The van der Waals surface area contributed by atoms with Gasteiger partial charge < -0.3 is 0 Å². The third-order valence-corrected chi connectivity index (χ3v) is 3.71. The Bertz CT molecular complexity index is 222. The summed E-state index contributed by atoms with van der Waals surface area (Å²) in [5.74, 6) is 1.94. The Morgan fingerprint density at radius 3 is 3.15 bits per heavy atom. The molecular formula is C13H20. The summed E-state index contributed by atoms with van der Waals surface area (Å²) in [7, 11) is 0. The van der Waals surface area contributed by atoms with Gasteiger partial charge in [0.05, 0.1) is 0 Å². The Morgan fingerprint density at radius 1 is 1.38 bits per heavy atom. The lowest BCUT2D eigenvalue weighted by Gasteiger charge is -2.19. The average molecular weight is 176 g/mol. The van der Waals surface area contributed by atoms with E-state index in [4.69, 9.17) is 0 Å². The first-order chi connectivity index (χ1) is 6.42. The van der Waals surface area contributed by atoms with Crippen molar-refractivity contribution >= 4 is 0 Å². The van der Waals surface area contributed by atoms with Gasteiger partial charge >= 0.3 is 0 Å². The zero-order valence-corrected chi connectivity index (χ0v) is 8.63. The summed E-state index contributed by atoms with van der Waals surface area (Å²) in [4.78, 5) is 0. The van der Waals surface area contributed by atoms with Gasteiger partial charge in [0, 0.05) is 0 Å². The Hall–Kier alpha value is -0.520. The van der Waals surface area contributed by atoms with E-state index in [0.717, 1.165) is 11.8 Å². The topological polar surface area (TPSA) is 0 Å². The van der Waals surface area contributed by atoms with Crippen LogP contribution in [0.25, 0.3) is 0 Å². The molecule has 2 aliphatic carbocycles. The highest BCUT2D eigenvalue weighted by Gasteiger charge is 2.29. The largest absolute Gasteiger partial charge is 0.0845 e. The fourth-order valence-electron chi connectivity index (χ4n) is 2.90. The fraction of sp³-hybridized carbons (Fsp3) is 0.692. The molecule has 0 saturated heterocycles. The molecule has 0 heteroatoms. The van der Waals surface area contributed by atoms with Gasteiger partial charge in [-0.2, -0.15) is 0 Å². The predicted octanol–water partition coefficient (Wildman–Crippen LogP) is 4.09. The van der Waals surface area contributed by atoms with Gasteiger partial charge in [-0.3, -0.25) is 0 Å². The summed E-state index contributed by atoms with van der Waals surface area (Å²) in [6.07, 6.45) is 15.3. The normalized spacial score (nSPS) is 33.5. The molecule has 72 valence electrons. The molecule has 0 aromatic rings. The molecule has 1 fully saturated rings. The molecule has 0 aromatic carbocycles. The minimum Gasteiger partial charge on any atom is -0.0845 e. The van der Waals surface area contributed by atoms with Gasteiger partial charge in [0.15, 0.2) is 0 Å². The van der Waals surface area contributed by atoms with Crippen molar-refractivity contribution in [1.29, 1.82) is 0 Å². The molecule has 0 heterocycles. The summed E-state index contributed by atoms with van der Waals surface area (Å²) in [5, 5.41) is 0. The van der Waals surface area contributed by atoms with E-state index in [1.165, 1.54) is 38.5 Å². The minimum atomic E-state index is 0.940. The molecule has 1 saturated carbocycles. The van der Waals surface area contributed by atoms with Crippen LogP contribution in [0.15, 0.2) is 23.8 Å². The van der Waals surface area contributed by atoms with E-state index in [9.17, 15) is 0 Å². The van der Waals surface area contributed by atoms with Crippen molar-refractivity contribution in [2.24, 2.45) is 11.8 Å². The van der Waals surface area contributed by atoms with Gasteiger partial charge in [0.2, 0.25) is 0 Å². The van der Waals surface area contributed by atoms with E-state index < -0.39 is 0 Å². The molecule has 2 unspecified atom stereocenters. The van der Waals surface area contributed by atoms with Crippen molar-refractivity contribution < 1.29 is 0 Å². The summed E-state index contributed by atoms with van der Waals surface area (Å²) < 4.78 is 0. The first-order valence-corrected chi connectivity index (χ1v) is 5.77. The second-order valence-electron chi connectivity index (χ2n) is 4.41. The number of allylic oxidation sites excluding steroid dienone is 4. The summed E-state index contributed by atoms with van der Waals surface area (Å²) in [6, 6.07) is 0. The lowest BCUT2D eigenvalue weighted by Crippen LogP contribution is -2.08. The molecule has 0 aromatic heterocycles. The molecule has 0 amide bonds. The van der Waals surface area contributed by atoms with Gasteiger partial charge in [0.1, 0.15) is 0 Å². The monoisotopic (exact) mass is 176 g/mol. The standard InChI is InChI=1S/C13H20/c1-2-11-9-10-12-7-5-3-4-6-8-13(11)12/h3,5,7,11,13H,2,4,6,8-10H2,1H3. The van der Waals surface area contributed by atoms with Crippen LogP contribution in [0.1, 0.15) is 45.4 Å². The van der Waals surface area contributed by atoms with E-state index in [0.29, 0.717) is 0 Å². The maximum atomic E-state index is 2.39. The van der Waals surface area contributed by atoms with Crippen LogP contribution in [-0.4, -0.2) is 0 Å². The zero-order valence-electron chi connectivity index (χ0n) is 8.63. The highest BCUT2D eigenvalue weighted by Crippen LogP contribution is 2.41. The Labute approximate surface area is 81.7 Å². The van der Waals surface area contributed by atoms with Crippen LogP contribution in [-0.2, 0) is 0 Å². The van der Waals surface area contributed by atoms with Crippen molar-refractivity contribution in [2.75, 3.05) is 0 Å². The van der Waals surface area contributed by atoms with Gasteiger partial charge in [-0.05, 0) is 43.9 Å². The predicted molar refractivity (Wildman–Crippen MR) is 57.6 cm³/mol. The van der Waals surface area contributed by atoms with Crippen LogP contribution in [0.4, 0.5) is 0 Å². The molecule has 0 radical (unpaired) electrons. The van der Waals surface area contributed by atoms with E-state index >= 15 is 0 Å². The lowest BCUT2D eigenvalue weighted by molar-refractivity contribution is 0.380. The lowest BCUT2D eigenvalue weighted by atomic mass is 9.86. The molecular weight excluding hydrogens is 156 g/mol. The van der Waals surface area contributed by atoms with Crippen molar-refractivity contribution in [3.05, 3.63) is 23.8 Å². The molecule has 0 aliphatic heterocycles. The third-order valence-electron chi connectivity index (χ3n) is 3.71. The van der Waals surface area contributed by atoms with E-state index in [2.05, 4.69) is 25.2 Å². The molecule has 2 aliphatic rings. The Kier molecular flexibility index (Phi) is 2.87. The molecule has 13 heavy (non-hydrogen) atoms. The van der Waals surface area contributed by atoms with Gasteiger partial charge in [-0.1, -0.05) is 37.1 Å². The summed E-state index contributed by atoms with van der Waals surface area (Å²) in [5.41, 5.74) is 1.74. The van der Waals surface area contributed by atoms with Crippen LogP contribution in [0.2, 0.25) is 0 Å². The maximum Gasteiger partial charge on any atom is -0.0172 e. The molecule has 2 atom stereocenters. The van der Waals surface area contributed by atoms with Crippen LogP contribution in [0, 0.1) is 11.8 Å². The molecule has 0 N–H and O–H groups in total. The minimum absolute atomic E-state index is 0.940.